The molecule has 0 saturated carbocycles. The van der Waals surface area contributed by atoms with Gasteiger partial charge in [-0.15, -0.1) is 0 Å². The lowest BCUT2D eigenvalue weighted by atomic mass is 10.1. The maximum Gasteiger partial charge on any atom is 0.315 e. The number of amides is 2. The van der Waals surface area contributed by atoms with Crippen LogP contribution in [0.3, 0.4) is 0 Å². The van der Waals surface area contributed by atoms with Gasteiger partial charge >= 0.3 is 6.03 Å². The summed E-state index contributed by atoms with van der Waals surface area (Å²) in [6.45, 7) is 0.623. The van der Waals surface area contributed by atoms with Crippen LogP contribution in [0.15, 0.2) is 22.7 Å². The fraction of sp³-hybridized carbons (Fsp3) is 0.300. The molecule has 1 fully saturated rings. The predicted octanol–water partition coefficient (Wildman–Crippen LogP) is 1.81. The van der Waals surface area contributed by atoms with Gasteiger partial charge in [0.2, 0.25) is 0 Å². The van der Waals surface area contributed by atoms with Crippen molar-refractivity contribution in [2.45, 2.75) is 6.04 Å². The van der Waals surface area contributed by atoms with Crippen LogP contribution >= 0.6 is 15.9 Å². The first kappa shape index (κ1) is 10.3. The van der Waals surface area contributed by atoms with Crippen molar-refractivity contribution in [1.29, 1.82) is 0 Å². The average Bonchev–Trinajstić information content (AvgIpc) is 2.65. The van der Waals surface area contributed by atoms with Crippen molar-refractivity contribution in [3.8, 4) is 5.75 Å². The van der Waals surface area contributed by atoms with Gasteiger partial charge in [0.15, 0.2) is 0 Å². The smallest absolute Gasteiger partial charge is 0.315 e. The number of rotatable bonds is 2. The lowest BCUT2D eigenvalue weighted by molar-refractivity contribution is 0.247. The second-order valence-electron chi connectivity index (χ2n) is 3.30. The van der Waals surface area contributed by atoms with Gasteiger partial charge in [0, 0.05) is 6.54 Å². The molecule has 0 bridgehead atoms. The van der Waals surface area contributed by atoms with Gasteiger partial charge in [-0.3, -0.25) is 0 Å². The van der Waals surface area contributed by atoms with Crippen molar-refractivity contribution < 1.29 is 9.53 Å². The SMILES string of the molecule is COc1ccc([C@@H]2CNC(=O)N2)cc1Br. The Bertz CT molecular complexity index is 395. The lowest BCUT2D eigenvalue weighted by Gasteiger charge is -2.11. The molecule has 2 N–H and O–H groups in total. The second-order valence-corrected chi connectivity index (χ2v) is 4.16. The van der Waals surface area contributed by atoms with Gasteiger partial charge in [-0.1, -0.05) is 6.07 Å². The molecule has 1 aromatic carbocycles. The van der Waals surface area contributed by atoms with Gasteiger partial charge in [-0.05, 0) is 33.6 Å². The number of hydrogen-bond acceptors (Lipinski definition) is 2. The highest BCUT2D eigenvalue weighted by molar-refractivity contribution is 9.10. The molecular formula is C10H11BrN2O2. The minimum Gasteiger partial charge on any atom is -0.496 e. The number of ether oxygens (including phenoxy) is 1. The van der Waals surface area contributed by atoms with Gasteiger partial charge in [0.05, 0.1) is 17.6 Å². The van der Waals surface area contributed by atoms with E-state index in [1.54, 1.807) is 7.11 Å². The molecule has 0 aromatic heterocycles. The van der Waals surface area contributed by atoms with E-state index in [-0.39, 0.29) is 12.1 Å². The van der Waals surface area contributed by atoms with Crippen LogP contribution in [0.4, 0.5) is 4.79 Å². The van der Waals surface area contributed by atoms with Gasteiger partial charge < -0.3 is 15.4 Å². The lowest BCUT2D eigenvalue weighted by Crippen LogP contribution is -2.21. The van der Waals surface area contributed by atoms with E-state index in [1.807, 2.05) is 18.2 Å². The zero-order valence-corrected chi connectivity index (χ0v) is 9.80. The fourth-order valence-corrected chi connectivity index (χ4v) is 2.11. The van der Waals surface area contributed by atoms with Crippen LogP contribution in [-0.2, 0) is 0 Å². The van der Waals surface area contributed by atoms with Crippen LogP contribution in [0.5, 0.6) is 5.75 Å². The molecule has 1 saturated heterocycles. The molecule has 2 rings (SSSR count). The third kappa shape index (κ3) is 2.07. The van der Waals surface area contributed by atoms with Gasteiger partial charge in [-0.2, -0.15) is 0 Å². The Labute approximate surface area is 96.1 Å². The van der Waals surface area contributed by atoms with E-state index in [9.17, 15) is 4.79 Å². The maximum absolute atomic E-state index is 11.0. The second kappa shape index (κ2) is 4.10. The highest BCUT2D eigenvalue weighted by Crippen LogP contribution is 2.28. The molecule has 5 heteroatoms. The van der Waals surface area contributed by atoms with Gasteiger partial charge in [0.25, 0.3) is 0 Å². The molecule has 1 aliphatic rings. The zero-order valence-electron chi connectivity index (χ0n) is 8.21. The van der Waals surface area contributed by atoms with Crippen molar-refractivity contribution in [3.63, 3.8) is 0 Å². The predicted molar refractivity (Wildman–Crippen MR) is 60.0 cm³/mol. The normalized spacial score (nSPS) is 19.6. The Morgan fingerprint density at radius 2 is 2.33 bits per heavy atom. The van der Waals surface area contributed by atoms with Crippen molar-refractivity contribution in [2.24, 2.45) is 0 Å². The van der Waals surface area contributed by atoms with Crippen LogP contribution in [0.2, 0.25) is 0 Å². The minimum atomic E-state index is -0.119. The van der Waals surface area contributed by atoms with Crippen molar-refractivity contribution >= 4 is 22.0 Å². The van der Waals surface area contributed by atoms with Crippen molar-refractivity contribution in [2.75, 3.05) is 13.7 Å². The molecule has 1 atom stereocenters. The maximum atomic E-state index is 11.0. The van der Waals surface area contributed by atoms with Crippen LogP contribution < -0.4 is 15.4 Å². The average molecular weight is 271 g/mol. The highest BCUT2D eigenvalue weighted by atomic mass is 79.9. The monoisotopic (exact) mass is 270 g/mol. The summed E-state index contributed by atoms with van der Waals surface area (Å²) >= 11 is 3.41. The number of halogens is 1. The zero-order chi connectivity index (χ0) is 10.8. The number of urea groups is 1. The Morgan fingerprint density at radius 3 is 2.87 bits per heavy atom. The van der Waals surface area contributed by atoms with E-state index in [2.05, 4.69) is 26.6 Å². The molecule has 0 spiro atoms. The molecule has 4 nitrogen and oxygen atoms in total. The standard InChI is InChI=1S/C10H11BrN2O2/c1-15-9-3-2-6(4-7(9)11)8-5-12-10(14)13-8/h2-4,8H,5H2,1H3,(H2,12,13,14)/t8-/m0/s1. The molecule has 80 valence electrons. The largest absolute Gasteiger partial charge is 0.496 e. The number of nitrogens with one attached hydrogen (secondary N) is 2. The molecule has 0 aliphatic carbocycles. The number of carbonyl (C=O) groups is 1. The number of benzene rings is 1. The highest BCUT2D eigenvalue weighted by Gasteiger charge is 2.21. The summed E-state index contributed by atoms with van der Waals surface area (Å²) in [7, 11) is 1.62. The van der Waals surface area contributed by atoms with E-state index >= 15 is 0 Å². The molecule has 0 unspecified atom stereocenters. The van der Waals surface area contributed by atoms with Crippen molar-refractivity contribution in [3.05, 3.63) is 28.2 Å². The summed E-state index contributed by atoms with van der Waals surface area (Å²) in [5, 5.41) is 5.54. The van der Waals surface area contributed by atoms with Crippen LogP contribution in [0.1, 0.15) is 11.6 Å². The minimum absolute atomic E-state index is 0.0414. The van der Waals surface area contributed by atoms with Crippen LogP contribution in [-0.4, -0.2) is 19.7 Å². The Balaban J connectivity index is 2.22. The van der Waals surface area contributed by atoms with Gasteiger partial charge in [0.1, 0.15) is 5.75 Å². The quantitative estimate of drug-likeness (QED) is 0.861. The summed E-state index contributed by atoms with van der Waals surface area (Å²) in [6.07, 6.45) is 0. The van der Waals surface area contributed by atoms with E-state index in [4.69, 9.17) is 4.74 Å². The molecular weight excluding hydrogens is 260 g/mol. The molecule has 15 heavy (non-hydrogen) atoms. The summed E-state index contributed by atoms with van der Waals surface area (Å²) in [4.78, 5) is 11.0. The van der Waals surface area contributed by atoms with Gasteiger partial charge in [-0.25, -0.2) is 4.79 Å². The molecule has 1 aliphatic heterocycles. The third-order valence-corrected chi connectivity index (χ3v) is 2.97. The third-order valence-electron chi connectivity index (χ3n) is 2.35. The number of carbonyl (C=O) groups excluding carboxylic acids is 1. The summed E-state index contributed by atoms with van der Waals surface area (Å²) in [6, 6.07) is 5.70. The van der Waals surface area contributed by atoms with Crippen molar-refractivity contribution in [1.82, 2.24) is 10.6 Å². The fourth-order valence-electron chi connectivity index (χ4n) is 1.56. The summed E-state index contributed by atoms with van der Waals surface area (Å²) in [5.74, 6) is 0.788. The topological polar surface area (TPSA) is 50.4 Å². The Kier molecular flexibility index (Phi) is 2.81. The first-order chi connectivity index (χ1) is 7.20. The molecule has 2 amide bonds. The van der Waals surface area contributed by atoms with Crippen LogP contribution in [0.25, 0.3) is 0 Å². The van der Waals surface area contributed by atoms with E-state index < -0.39 is 0 Å². The summed E-state index contributed by atoms with van der Waals surface area (Å²) in [5.41, 5.74) is 1.06. The number of hydrogen-bond donors (Lipinski definition) is 2. The van der Waals surface area contributed by atoms with E-state index in [0.717, 1.165) is 15.8 Å². The summed E-state index contributed by atoms with van der Waals surface area (Å²) < 4.78 is 6.03. The van der Waals surface area contributed by atoms with Crippen LogP contribution in [0, 0.1) is 0 Å². The Morgan fingerprint density at radius 1 is 1.53 bits per heavy atom. The van der Waals surface area contributed by atoms with E-state index in [1.165, 1.54) is 0 Å². The first-order valence-electron chi connectivity index (χ1n) is 4.58. The number of methoxy groups -OCH3 is 1. The molecule has 1 heterocycles. The Hall–Kier alpha value is -1.23. The molecule has 1 aromatic rings. The van der Waals surface area contributed by atoms with E-state index in [0.29, 0.717) is 6.54 Å². The molecule has 0 radical (unpaired) electrons. The first-order valence-corrected chi connectivity index (χ1v) is 5.38.